The summed E-state index contributed by atoms with van der Waals surface area (Å²) in [7, 11) is 0. The van der Waals surface area contributed by atoms with Crippen molar-refractivity contribution in [1.82, 2.24) is 0 Å². The summed E-state index contributed by atoms with van der Waals surface area (Å²) in [6.45, 7) is 6.72. The lowest BCUT2D eigenvalue weighted by molar-refractivity contribution is -0.169. The normalized spacial score (nSPS) is 12.2. The molecule has 0 rings (SSSR count). The van der Waals surface area contributed by atoms with Crippen molar-refractivity contribution < 1.29 is 38.5 Å². The second-order valence-electron chi connectivity index (χ2n) is 5.41. The summed E-state index contributed by atoms with van der Waals surface area (Å²) in [5.41, 5.74) is -0.672. The van der Waals surface area contributed by atoms with Gasteiger partial charge in [-0.2, -0.15) is 0 Å². The highest BCUT2D eigenvalue weighted by atomic mass is 16.6. The topological polar surface area (TPSA) is 116 Å². The zero-order valence-corrected chi connectivity index (χ0v) is 13.2. The van der Waals surface area contributed by atoms with Crippen LogP contribution in [0.5, 0.6) is 0 Å². The van der Waals surface area contributed by atoms with Crippen LogP contribution in [-0.2, 0) is 33.4 Å². The SMILES string of the molecule is CCOC(=O)C[C@H](OC(=O)CCC(=O)OC(C)(C)C)C(=O)O. The first-order valence-corrected chi connectivity index (χ1v) is 6.85. The van der Waals surface area contributed by atoms with Gasteiger partial charge in [0.2, 0.25) is 6.10 Å². The third-order valence-electron chi connectivity index (χ3n) is 2.16. The minimum atomic E-state index is -1.63. The summed E-state index contributed by atoms with van der Waals surface area (Å²) >= 11 is 0. The highest BCUT2D eigenvalue weighted by Crippen LogP contribution is 2.10. The van der Waals surface area contributed by atoms with Crippen molar-refractivity contribution in [2.24, 2.45) is 0 Å². The number of ether oxygens (including phenoxy) is 3. The molecule has 126 valence electrons. The van der Waals surface area contributed by atoms with E-state index in [1.165, 1.54) is 0 Å². The summed E-state index contributed by atoms with van der Waals surface area (Å²) in [6, 6.07) is 0. The molecule has 0 aliphatic heterocycles. The first-order chi connectivity index (χ1) is 10.0. The third kappa shape index (κ3) is 9.73. The lowest BCUT2D eigenvalue weighted by Crippen LogP contribution is -2.30. The van der Waals surface area contributed by atoms with E-state index in [0.29, 0.717) is 0 Å². The number of hydrogen-bond donors (Lipinski definition) is 1. The van der Waals surface area contributed by atoms with Crippen LogP contribution in [-0.4, -0.2) is 47.3 Å². The standard InChI is InChI=1S/C14H22O8/c1-5-20-12(17)8-9(13(18)19)21-10(15)6-7-11(16)22-14(2,3)4/h9H,5-8H2,1-4H3,(H,18,19)/t9-/m0/s1. The Morgan fingerprint density at radius 2 is 1.55 bits per heavy atom. The molecule has 0 radical (unpaired) electrons. The molecule has 22 heavy (non-hydrogen) atoms. The van der Waals surface area contributed by atoms with Crippen molar-refractivity contribution >= 4 is 23.9 Å². The van der Waals surface area contributed by atoms with Crippen molar-refractivity contribution in [2.75, 3.05) is 6.61 Å². The Kier molecular flexibility index (Phi) is 8.14. The highest BCUT2D eigenvalue weighted by molar-refractivity contribution is 5.84. The number of esters is 3. The van der Waals surface area contributed by atoms with Gasteiger partial charge in [0.1, 0.15) is 5.60 Å². The number of hydrogen-bond acceptors (Lipinski definition) is 7. The van der Waals surface area contributed by atoms with Crippen LogP contribution in [0.1, 0.15) is 47.0 Å². The molecule has 0 saturated heterocycles. The lowest BCUT2D eigenvalue weighted by Gasteiger charge is -2.19. The van der Waals surface area contributed by atoms with Gasteiger partial charge >= 0.3 is 23.9 Å². The van der Waals surface area contributed by atoms with E-state index in [4.69, 9.17) is 9.84 Å². The van der Waals surface area contributed by atoms with Crippen LogP contribution in [0.15, 0.2) is 0 Å². The molecule has 0 amide bonds. The van der Waals surface area contributed by atoms with Gasteiger partial charge < -0.3 is 19.3 Å². The minimum absolute atomic E-state index is 0.0950. The molecule has 0 fully saturated rings. The summed E-state index contributed by atoms with van der Waals surface area (Å²) in [4.78, 5) is 45.1. The van der Waals surface area contributed by atoms with Crippen LogP contribution in [0.4, 0.5) is 0 Å². The molecule has 0 bridgehead atoms. The van der Waals surface area contributed by atoms with E-state index in [1.807, 2.05) is 0 Å². The summed E-state index contributed by atoms with van der Waals surface area (Å²) in [5, 5.41) is 8.89. The number of carboxylic acid groups (broad SMARTS) is 1. The van der Waals surface area contributed by atoms with Crippen molar-refractivity contribution in [3.05, 3.63) is 0 Å². The van der Waals surface area contributed by atoms with Gasteiger partial charge in [0, 0.05) is 0 Å². The first-order valence-electron chi connectivity index (χ1n) is 6.85. The van der Waals surface area contributed by atoms with E-state index >= 15 is 0 Å². The molecule has 0 heterocycles. The Labute approximate surface area is 128 Å². The highest BCUT2D eigenvalue weighted by Gasteiger charge is 2.26. The number of rotatable bonds is 8. The Morgan fingerprint density at radius 3 is 2.00 bits per heavy atom. The van der Waals surface area contributed by atoms with Gasteiger partial charge in [-0.05, 0) is 27.7 Å². The molecule has 0 aromatic rings. The fourth-order valence-corrected chi connectivity index (χ4v) is 1.36. The maximum atomic E-state index is 11.5. The third-order valence-corrected chi connectivity index (χ3v) is 2.16. The van der Waals surface area contributed by atoms with Crippen LogP contribution in [0.3, 0.4) is 0 Å². The van der Waals surface area contributed by atoms with E-state index in [0.717, 1.165) is 0 Å². The summed E-state index contributed by atoms with van der Waals surface area (Å²) in [5.74, 6) is -3.74. The first kappa shape index (κ1) is 19.9. The van der Waals surface area contributed by atoms with Gasteiger partial charge in [-0.3, -0.25) is 14.4 Å². The average Bonchev–Trinajstić information content (AvgIpc) is 2.33. The number of carbonyl (C=O) groups is 4. The van der Waals surface area contributed by atoms with Crippen molar-refractivity contribution in [2.45, 2.75) is 58.7 Å². The summed E-state index contributed by atoms with van der Waals surface area (Å²) < 4.78 is 14.3. The zero-order chi connectivity index (χ0) is 17.3. The average molecular weight is 318 g/mol. The van der Waals surface area contributed by atoms with Gasteiger partial charge in [-0.25, -0.2) is 4.79 Å². The smallest absolute Gasteiger partial charge is 0.345 e. The molecule has 1 N–H and O–H groups in total. The molecule has 8 nitrogen and oxygen atoms in total. The number of carbonyl (C=O) groups excluding carboxylic acids is 3. The maximum Gasteiger partial charge on any atom is 0.345 e. The number of carboxylic acids is 1. The quantitative estimate of drug-likeness (QED) is 0.521. The molecule has 0 spiro atoms. The fourth-order valence-electron chi connectivity index (χ4n) is 1.36. The lowest BCUT2D eigenvalue weighted by atomic mass is 10.2. The van der Waals surface area contributed by atoms with Crippen LogP contribution in [0.2, 0.25) is 0 Å². The molecule has 0 unspecified atom stereocenters. The maximum absolute atomic E-state index is 11.5. The molecular weight excluding hydrogens is 296 g/mol. The van der Waals surface area contributed by atoms with Gasteiger partial charge in [0.25, 0.3) is 0 Å². The van der Waals surface area contributed by atoms with Crippen molar-refractivity contribution in [1.29, 1.82) is 0 Å². The Hall–Kier alpha value is -2.12. The molecular formula is C14H22O8. The Balaban J connectivity index is 4.32. The van der Waals surface area contributed by atoms with Crippen molar-refractivity contribution in [3.63, 3.8) is 0 Å². The zero-order valence-electron chi connectivity index (χ0n) is 13.2. The molecule has 0 saturated carbocycles. The van der Waals surface area contributed by atoms with E-state index < -0.39 is 42.0 Å². The predicted octanol–water partition coefficient (Wildman–Crippen LogP) is 1.06. The van der Waals surface area contributed by atoms with E-state index in [1.54, 1.807) is 27.7 Å². The minimum Gasteiger partial charge on any atom is -0.478 e. The molecule has 0 aromatic carbocycles. The van der Waals surface area contributed by atoms with Crippen LogP contribution in [0.25, 0.3) is 0 Å². The molecule has 0 aliphatic rings. The van der Waals surface area contributed by atoms with Crippen molar-refractivity contribution in [3.8, 4) is 0 Å². The monoisotopic (exact) mass is 318 g/mol. The molecule has 8 heteroatoms. The van der Waals surface area contributed by atoms with Gasteiger partial charge in [-0.15, -0.1) is 0 Å². The predicted molar refractivity (Wildman–Crippen MR) is 73.8 cm³/mol. The Bertz CT molecular complexity index is 421. The second kappa shape index (κ2) is 9.01. The fraction of sp³-hybridized carbons (Fsp3) is 0.714. The second-order valence-corrected chi connectivity index (χ2v) is 5.41. The van der Waals surface area contributed by atoms with Crippen LogP contribution < -0.4 is 0 Å². The van der Waals surface area contributed by atoms with Gasteiger partial charge in [-0.1, -0.05) is 0 Å². The molecule has 0 aromatic heterocycles. The van der Waals surface area contributed by atoms with E-state index in [9.17, 15) is 19.2 Å². The Morgan fingerprint density at radius 1 is 1.00 bits per heavy atom. The number of aliphatic carboxylic acids is 1. The molecule has 1 atom stereocenters. The van der Waals surface area contributed by atoms with E-state index in [-0.39, 0.29) is 19.4 Å². The van der Waals surface area contributed by atoms with Gasteiger partial charge in [0.15, 0.2) is 0 Å². The largest absolute Gasteiger partial charge is 0.478 e. The van der Waals surface area contributed by atoms with Gasteiger partial charge in [0.05, 0.1) is 25.9 Å². The van der Waals surface area contributed by atoms with Crippen LogP contribution >= 0.6 is 0 Å². The van der Waals surface area contributed by atoms with E-state index in [2.05, 4.69) is 9.47 Å². The summed E-state index contributed by atoms with van der Waals surface area (Å²) in [6.07, 6.45) is -2.78. The molecule has 0 aliphatic carbocycles. The van der Waals surface area contributed by atoms with Crippen LogP contribution in [0, 0.1) is 0 Å².